The zero-order valence-corrected chi connectivity index (χ0v) is 7.46. The standard InChI is InChI=1S/C9H12O.H2S/c10-8-4-7-9-5-2-1-3-6-9;/h1-3,5-6,10H,4,7-8H2;1H2. The van der Waals surface area contributed by atoms with E-state index >= 15 is 0 Å². The molecule has 1 nitrogen and oxygen atoms in total. The molecule has 1 N–H and O–H groups in total. The van der Waals surface area contributed by atoms with E-state index in [9.17, 15) is 0 Å². The van der Waals surface area contributed by atoms with Crippen molar-refractivity contribution in [3.8, 4) is 0 Å². The molecule has 0 unspecified atom stereocenters. The molecule has 0 amide bonds. The number of aliphatic hydroxyl groups is 1. The summed E-state index contributed by atoms with van der Waals surface area (Å²) < 4.78 is 0. The van der Waals surface area contributed by atoms with Crippen LogP contribution in [0.3, 0.4) is 0 Å². The first-order valence-corrected chi connectivity index (χ1v) is 3.58. The highest BCUT2D eigenvalue weighted by Crippen LogP contribution is 2.00. The van der Waals surface area contributed by atoms with Gasteiger partial charge in [0.05, 0.1) is 0 Å². The SMILES string of the molecule is OCCCc1ccccc1.S. The molecule has 0 heterocycles. The molecule has 0 saturated heterocycles. The molecule has 1 rings (SSSR count). The molecular formula is C9H14OS. The molecule has 62 valence electrons. The minimum atomic E-state index is 0. The second-order valence-electron chi connectivity index (χ2n) is 2.31. The van der Waals surface area contributed by atoms with Gasteiger partial charge in [0.2, 0.25) is 0 Å². The van der Waals surface area contributed by atoms with Crippen LogP contribution in [0.1, 0.15) is 12.0 Å². The van der Waals surface area contributed by atoms with Gasteiger partial charge in [-0.1, -0.05) is 30.3 Å². The maximum absolute atomic E-state index is 8.53. The highest BCUT2D eigenvalue weighted by atomic mass is 32.1. The summed E-state index contributed by atoms with van der Waals surface area (Å²) >= 11 is 0. The quantitative estimate of drug-likeness (QED) is 0.732. The first-order chi connectivity index (χ1) is 4.93. The lowest BCUT2D eigenvalue weighted by Gasteiger charge is -1.96. The molecule has 0 spiro atoms. The van der Waals surface area contributed by atoms with Gasteiger partial charge in [-0.25, -0.2) is 0 Å². The van der Waals surface area contributed by atoms with E-state index in [1.54, 1.807) is 0 Å². The molecule has 0 saturated carbocycles. The molecule has 0 bridgehead atoms. The Morgan fingerprint density at radius 1 is 1.09 bits per heavy atom. The molecule has 0 fully saturated rings. The second-order valence-corrected chi connectivity index (χ2v) is 2.31. The fraction of sp³-hybridized carbons (Fsp3) is 0.333. The van der Waals surface area contributed by atoms with Gasteiger partial charge in [-0.2, -0.15) is 13.5 Å². The fourth-order valence-electron chi connectivity index (χ4n) is 0.928. The van der Waals surface area contributed by atoms with Crippen LogP contribution in [0.15, 0.2) is 30.3 Å². The Labute approximate surface area is 74.5 Å². The minimum absolute atomic E-state index is 0. The van der Waals surface area contributed by atoms with E-state index in [0.717, 1.165) is 12.8 Å². The van der Waals surface area contributed by atoms with Gasteiger partial charge in [-0.05, 0) is 18.4 Å². The van der Waals surface area contributed by atoms with Crippen LogP contribution < -0.4 is 0 Å². The number of aliphatic hydroxyl groups excluding tert-OH is 1. The molecule has 1 aromatic carbocycles. The smallest absolute Gasteiger partial charge is 0.0434 e. The lowest BCUT2D eigenvalue weighted by Crippen LogP contribution is -1.87. The van der Waals surface area contributed by atoms with Gasteiger partial charge in [-0.3, -0.25) is 0 Å². The van der Waals surface area contributed by atoms with Crippen molar-refractivity contribution >= 4 is 13.5 Å². The summed E-state index contributed by atoms with van der Waals surface area (Å²) in [7, 11) is 0. The molecule has 0 aromatic heterocycles. The molecule has 11 heavy (non-hydrogen) atoms. The molecule has 0 aliphatic carbocycles. The van der Waals surface area contributed by atoms with Crippen molar-refractivity contribution in [2.24, 2.45) is 0 Å². The zero-order chi connectivity index (χ0) is 7.23. The Morgan fingerprint density at radius 2 is 1.73 bits per heavy atom. The van der Waals surface area contributed by atoms with E-state index in [4.69, 9.17) is 5.11 Å². The van der Waals surface area contributed by atoms with Gasteiger partial charge >= 0.3 is 0 Å². The molecule has 0 atom stereocenters. The Morgan fingerprint density at radius 3 is 2.27 bits per heavy atom. The van der Waals surface area contributed by atoms with E-state index in [2.05, 4.69) is 12.1 Å². The van der Waals surface area contributed by atoms with Crippen LogP contribution in [-0.2, 0) is 6.42 Å². The summed E-state index contributed by atoms with van der Waals surface area (Å²) in [4.78, 5) is 0. The van der Waals surface area contributed by atoms with Crippen molar-refractivity contribution in [3.05, 3.63) is 35.9 Å². The van der Waals surface area contributed by atoms with Crippen LogP contribution in [0.2, 0.25) is 0 Å². The highest BCUT2D eigenvalue weighted by molar-refractivity contribution is 7.59. The van der Waals surface area contributed by atoms with E-state index in [-0.39, 0.29) is 20.1 Å². The lowest BCUT2D eigenvalue weighted by atomic mass is 10.1. The molecule has 0 radical (unpaired) electrons. The summed E-state index contributed by atoms with van der Waals surface area (Å²) in [5, 5.41) is 8.53. The predicted molar refractivity (Wildman–Crippen MR) is 52.2 cm³/mol. The van der Waals surface area contributed by atoms with Crippen molar-refractivity contribution in [2.45, 2.75) is 12.8 Å². The van der Waals surface area contributed by atoms with Crippen LogP contribution >= 0.6 is 13.5 Å². The van der Waals surface area contributed by atoms with E-state index in [1.807, 2.05) is 18.2 Å². The van der Waals surface area contributed by atoms with Crippen molar-refractivity contribution in [2.75, 3.05) is 6.61 Å². The molecule has 1 aromatic rings. The van der Waals surface area contributed by atoms with Gasteiger partial charge in [0.25, 0.3) is 0 Å². The molecule has 0 aliphatic heterocycles. The molecule has 0 aliphatic rings. The van der Waals surface area contributed by atoms with E-state index in [1.165, 1.54) is 5.56 Å². The molecular weight excluding hydrogens is 156 g/mol. The van der Waals surface area contributed by atoms with Crippen LogP contribution in [0.25, 0.3) is 0 Å². The van der Waals surface area contributed by atoms with Crippen molar-refractivity contribution in [3.63, 3.8) is 0 Å². The summed E-state index contributed by atoms with van der Waals surface area (Å²) in [6.07, 6.45) is 1.85. The number of hydrogen-bond donors (Lipinski definition) is 1. The summed E-state index contributed by atoms with van der Waals surface area (Å²) in [6.45, 7) is 0.287. The van der Waals surface area contributed by atoms with Crippen molar-refractivity contribution in [1.29, 1.82) is 0 Å². The number of benzene rings is 1. The second kappa shape index (κ2) is 6.25. The zero-order valence-electron chi connectivity index (χ0n) is 6.46. The summed E-state index contributed by atoms with van der Waals surface area (Å²) in [5.41, 5.74) is 1.30. The van der Waals surface area contributed by atoms with Crippen LogP contribution in [0.4, 0.5) is 0 Å². The van der Waals surface area contributed by atoms with Crippen molar-refractivity contribution in [1.82, 2.24) is 0 Å². The topological polar surface area (TPSA) is 20.2 Å². The Kier molecular flexibility index (Phi) is 5.99. The predicted octanol–water partition coefficient (Wildman–Crippen LogP) is 1.72. The van der Waals surface area contributed by atoms with Crippen LogP contribution in [0, 0.1) is 0 Å². The highest BCUT2D eigenvalue weighted by Gasteiger charge is 1.87. The first-order valence-electron chi connectivity index (χ1n) is 3.58. The maximum Gasteiger partial charge on any atom is 0.0434 e. The van der Waals surface area contributed by atoms with Gasteiger partial charge in [0, 0.05) is 6.61 Å². The third-order valence-electron chi connectivity index (χ3n) is 1.47. The lowest BCUT2D eigenvalue weighted by molar-refractivity contribution is 0.288. The number of hydrogen-bond acceptors (Lipinski definition) is 1. The van der Waals surface area contributed by atoms with Crippen molar-refractivity contribution < 1.29 is 5.11 Å². The average molecular weight is 170 g/mol. The molecule has 2 heteroatoms. The first kappa shape index (κ1) is 10.5. The summed E-state index contributed by atoms with van der Waals surface area (Å²) in [6, 6.07) is 10.2. The third-order valence-corrected chi connectivity index (χ3v) is 1.47. The normalized spacial score (nSPS) is 8.82. The van der Waals surface area contributed by atoms with Crippen LogP contribution in [0.5, 0.6) is 0 Å². The van der Waals surface area contributed by atoms with E-state index < -0.39 is 0 Å². The fourth-order valence-corrected chi connectivity index (χ4v) is 0.928. The Bertz CT molecular complexity index is 174. The van der Waals surface area contributed by atoms with Crippen LogP contribution in [-0.4, -0.2) is 11.7 Å². The van der Waals surface area contributed by atoms with E-state index in [0.29, 0.717) is 0 Å². The summed E-state index contributed by atoms with van der Waals surface area (Å²) in [5.74, 6) is 0. The monoisotopic (exact) mass is 170 g/mol. The van der Waals surface area contributed by atoms with Gasteiger partial charge < -0.3 is 5.11 Å². The Balaban J connectivity index is 0.000001000. The van der Waals surface area contributed by atoms with Gasteiger partial charge in [-0.15, -0.1) is 0 Å². The van der Waals surface area contributed by atoms with Gasteiger partial charge in [0.1, 0.15) is 0 Å². The number of rotatable bonds is 3. The largest absolute Gasteiger partial charge is 0.396 e. The number of aryl methyl sites for hydroxylation is 1. The minimum Gasteiger partial charge on any atom is -0.396 e. The maximum atomic E-state index is 8.53. The average Bonchev–Trinajstić information content (AvgIpc) is 2.03. The Hall–Kier alpha value is -0.470. The third kappa shape index (κ3) is 4.06. The van der Waals surface area contributed by atoms with Gasteiger partial charge in [0.15, 0.2) is 0 Å².